The molecule has 174 valence electrons. The van der Waals surface area contributed by atoms with E-state index in [9.17, 15) is 19.2 Å². The van der Waals surface area contributed by atoms with Crippen LogP contribution in [0.3, 0.4) is 0 Å². The van der Waals surface area contributed by atoms with Crippen LogP contribution >= 0.6 is 22.7 Å². The molecular weight excluding hydrogens is 476 g/mol. The number of aromatic nitrogens is 2. The van der Waals surface area contributed by atoms with E-state index in [1.54, 1.807) is 49.6 Å². The number of carbonyl (C=O) groups excluding carboxylic acids is 3. The highest BCUT2D eigenvalue weighted by molar-refractivity contribution is 7.19. The summed E-state index contributed by atoms with van der Waals surface area (Å²) >= 11 is 2.30. The predicted octanol–water partition coefficient (Wildman–Crippen LogP) is 3.90. The van der Waals surface area contributed by atoms with Crippen molar-refractivity contribution in [2.45, 2.75) is 20.4 Å². The number of hydrogen-bond donors (Lipinski definition) is 2. The standard InChI is InChI=1S/C23H20N4O5S2/c1-3-32-23(31)17-13(2)18(19(29)25-14-7-5-4-6-8-14)34-21(17)26-16(28)11-27-12-24-20-15(22(27)30)9-10-33-20/h4-10,12H,3,11H2,1-2H3,(H,25,29)(H,26,28). The highest BCUT2D eigenvalue weighted by Crippen LogP contribution is 2.34. The minimum Gasteiger partial charge on any atom is -0.462 e. The quantitative estimate of drug-likeness (QED) is 0.375. The van der Waals surface area contributed by atoms with Crippen LogP contribution in [0.5, 0.6) is 0 Å². The van der Waals surface area contributed by atoms with Crippen LogP contribution in [0.25, 0.3) is 10.2 Å². The highest BCUT2D eigenvalue weighted by atomic mass is 32.1. The summed E-state index contributed by atoms with van der Waals surface area (Å²) < 4.78 is 6.33. The number of rotatable bonds is 7. The first-order valence-corrected chi connectivity index (χ1v) is 12.0. The Morgan fingerprint density at radius 1 is 1.12 bits per heavy atom. The van der Waals surface area contributed by atoms with Crippen molar-refractivity contribution in [1.29, 1.82) is 0 Å². The van der Waals surface area contributed by atoms with E-state index >= 15 is 0 Å². The number of nitrogens with one attached hydrogen (secondary N) is 2. The fourth-order valence-corrected chi connectivity index (χ4v) is 5.13. The minimum atomic E-state index is -0.649. The maximum absolute atomic E-state index is 12.9. The lowest BCUT2D eigenvalue weighted by Gasteiger charge is -2.08. The summed E-state index contributed by atoms with van der Waals surface area (Å²) in [6.07, 6.45) is 1.31. The Labute approximate surface area is 202 Å². The van der Waals surface area contributed by atoms with Crippen LogP contribution in [-0.2, 0) is 16.1 Å². The van der Waals surface area contributed by atoms with Crippen molar-refractivity contribution in [3.05, 3.63) is 74.5 Å². The topological polar surface area (TPSA) is 119 Å². The number of ether oxygens (including phenoxy) is 1. The second-order valence-electron chi connectivity index (χ2n) is 7.17. The predicted molar refractivity (Wildman–Crippen MR) is 132 cm³/mol. The van der Waals surface area contributed by atoms with E-state index in [1.807, 2.05) is 6.07 Å². The third-order valence-corrected chi connectivity index (χ3v) is 6.91. The molecule has 0 aliphatic heterocycles. The summed E-state index contributed by atoms with van der Waals surface area (Å²) in [7, 11) is 0. The van der Waals surface area contributed by atoms with Gasteiger partial charge in [0.1, 0.15) is 16.4 Å². The van der Waals surface area contributed by atoms with Gasteiger partial charge >= 0.3 is 5.97 Å². The van der Waals surface area contributed by atoms with Gasteiger partial charge in [0.15, 0.2) is 0 Å². The fourth-order valence-electron chi connectivity index (χ4n) is 3.30. The maximum atomic E-state index is 12.9. The van der Waals surface area contributed by atoms with Crippen molar-refractivity contribution in [2.24, 2.45) is 0 Å². The third kappa shape index (κ3) is 4.75. The van der Waals surface area contributed by atoms with Crippen molar-refractivity contribution < 1.29 is 19.1 Å². The van der Waals surface area contributed by atoms with Crippen molar-refractivity contribution >= 4 is 61.4 Å². The number of esters is 1. The lowest BCUT2D eigenvalue weighted by atomic mass is 10.1. The summed E-state index contributed by atoms with van der Waals surface area (Å²) in [5, 5.41) is 7.80. The molecule has 0 saturated carbocycles. The van der Waals surface area contributed by atoms with E-state index in [-0.39, 0.29) is 34.2 Å². The fraction of sp³-hybridized carbons (Fsp3) is 0.174. The molecule has 3 heterocycles. The number of amides is 2. The largest absolute Gasteiger partial charge is 0.462 e. The number of anilines is 2. The summed E-state index contributed by atoms with van der Waals surface area (Å²) in [5.74, 6) is -1.60. The Morgan fingerprint density at radius 3 is 2.62 bits per heavy atom. The average molecular weight is 497 g/mol. The second kappa shape index (κ2) is 9.98. The molecule has 0 saturated heterocycles. The Bertz CT molecular complexity index is 1440. The number of thiophene rings is 2. The van der Waals surface area contributed by atoms with Crippen molar-refractivity contribution in [3.63, 3.8) is 0 Å². The zero-order valence-corrected chi connectivity index (χ0v) is 19.9. The molecule has 1 aromatic carbocycles. The van der Waals surface area contributed by atoms with Crippen LogP contribution in [-0.4, -0.2) is 33.9 Å². The number of nitrogens with zero attached hydrogens (tertiary/aromatic N) is 2. The van der Waals surface area contributed by atoms with Crippen LogP contribution in [0.2, 0.25) is 0 Å². The highest BCUT2D eigenvalue weighted by Gasteiger charge is 2.27. The zero-order chi connectivity index (χ0) is 24.2. The molecule has 34 heavy (non-hydrogen) atoms. The van der Waals surface area contributed by atoms with Crippen LogP contribution in [0, 0.1) is 6.92 Å². The van der Waals surface area contributed by atoms with Crippen LogP contribution < -0.4 is 16.2 Å². The summed E-state index contributed by atoms with van der Waals surface area (Å²) in [6, 6.07) is 10.5. The van der Waals surface area contributed by atoms with E-state index in [0.717, 1.165) is 11.3 Å². The van der Waals surface area contributed by atoms with Crippen molar-refractivity contribution in [3.8, 4) is 0 Å². The third-order valence-electron chi connectivity index (χ3n) is 4.88. The SMILES string of the molecule is CCOC(=O)c1c(NC(=O)Cn2cnc3sccc3c2=O)sc(C(=O)Nc2ccccc2)c1C. The smallest absolute Gasteiger partial charge is 0.341 e. The number of carbonyl (C=O) groups is 3. The Morgan fingerprint density at radius 2 is 1.88 bits per heavy atom. The number of para-hydroxylation sites is 1. The van der Waals surface area contributed by atoms with Gasteiger partial charge in [0.2, 0.25) is 5.91 Å². The number of benzene rings is 1. The lowest BCUT2D eigenvalue weighted by molar-refractivity contribution is -0.116. The lowest BCUT2D eigenvalue weighted by Crippen LogP contribution is -2.27. The van der Waals surface area contributed by atoms with Crippen molar-refractivity contribution in [2.75, 3.05) is 17.2 Å². The Hall–Kier alpha value is -3.83. The normalized spacial score (nSPS) is 10.8. The summed E-state index contributed by atoms with van der Waals surface area (Å²) in [5.41, 5.74) is 0.763. The van der Waals surface area contributed by atoms with Gasteiger partial charge in [-0.3, -0.25) is 19.0 Å². The van der Waals surface area contributed by atoms with E-state index in [4.69, 9.17) is 4.74 Å². The van der Waals surface area contributed by atoms with Gasteiger partial charge in [-0.1, -0.05) is 18.2 Å². The molecule has 0 spiro atoms. The molecule has 0 unspecified atom stereocenters. The van der Waals surface area contributed by atoms with E-state index in [0.29, 0.717) is 21.5 Å². The molecule has 9 nitrogen and oxygen atoms in total. The summed E-state index contributed by atoms with van der Waals surface area (Å²) in [6.45, 7) is 3.12. The van der Waals surface area contributed by atoms with E-state index in [2.05, 4.69) is 15.6 Å². The van der Waals surface area contributed by atoms with Gasteiger partial charge in [-0.15, -0.1) is 22.7 Å². The minimum absolute atomic E-state index is 0.108. The number of hydrogen-bond acceptors (Lipinski definition) is 8. The Balaban J connectivity index is 1.61. The molecule has 3 aromatic heterocycles. The van der Waals surface area contributed by atoms with Crippen LogP contribution in [0.1, 0.15) is 32.5 Å². The molecule has 0 aliphatic carbocycles. The zero-order valence-electron chi connectivity index (χ0n) is 18.3. The summed E-state index contributed by atoms with van der Waals surface area (Å²) in [4.78, 5) is 55.9. The van der Waals surface area contributed by atoms with Gasteiger partial charge in [0, 0.05) is 5.69 Å². The first-order chi connectivity index (χ1) is 16.4. The first kappa shape index (κ1) is 23.3. The Kier molecular flexibility index (Phi) is 6.85. The number of fused-ring (bicyclic) bond motifs is 1. The second-order valence-corrected chi connectivity index (χ2v) is 9.08. The van der Waals surface area contributed by atoms with Crippen LogP contribution in [0.15, 0.2) is 52.9 Å². The van der Waals surface area contributed by atoms with Gasteiger partial charge in [-0.05, 0) is 43.0 Å². The van der Waals surface area contributed by atoms with Gasteiger partial charge in [-0.2, -0.15) is 0 Å². The van der Waals surface area contributed by atoms with E-state index in [1.165, 1.54) is 22.2 Å². The average Bonchev–Trinajstić information content (AvgIpc) is 3.41. The molecular formula is C23H20N4O5S2. The molecule has 0 bridgehead atoms. The molecule has 11 heteroatoms. The molecule has 0 aliphatic rings. The molecule has 2 N–H and O–H groups in total. The molecule has 0 radical (unpaired) electrons. The monoisotopic (exact) mass is 496 g/mol. The van der Waals surface area contributed by atoms with Gasteiger partial charge in [-0.25, -0.2) is 9.78 Å². The molecule has 4 aromatic rings. The molecule has 0 fully saturated rings. The van der Waals surface area contributed by atoms with Gasteiger partial charge in [0.25, 0.3) is 11.5 Å². The molecule has 0 atom stereocenters. The molecule has 2 amide bonds. The van der Waals surface area contributed by atoms with Crippen molar-refractivity contribution in [1.82, 2.24) is 9.55 Å². The van der Waals surface area contributed by atoms with Gasteiger partial charge < -0.3 is 15.4 Å². The molecule has 4 rings (SSSR count). The maximum Gasteiger partial charge on any atom is 0.341 e. The van der Waals surface area contributed by atoms with E-state index < -0.39 is 17.8 Å². The van der Waals surface area contributed by atoms with Crippen LogP contribution in [0.4, 0.5) is 10.7 Å². The first-order valence-electron chi connectivity index (χ1n) is 10.3. The van der Waals surface area contributed by atoms with Gasteiger partial charge in [0.05, 0.1) is 28.8 Å².